The Morgan fingerprint density at radius 2 is 1.72 bits per heavy atom. The molecule has 0 bridgehead atoms. The van der Waals surface area contributed by atoms with Crippen LogP contribution in [0.1, 0.15) is 46.3 Å². The molecule has 0 aliphatic carbocycles. The molecule has 0 unspecified atom stereocenters. The number of rotatable bonds is 8. The average Bonchev–Trinajstić information content (AvgIpc) is 3.27. The molecular weight excluding hydrogens is 382 g/mol. The van der Waals surface area contributed by atoms with Crippen molar-refractivity contribution in [2.24, 2.45) is 5.73 Å². The molecular formula is C23H25N3O2S. The molecule has 2 amide bonds. The zero-order valence-corrected chi connectivity index (χ0v) is 17.3. The molecule has 0 radical (unpaired) electrons. The summed E-state index contributed by atoms with van der Waals surface area (Å²) >= 11 is 1.66. The van der Waals surface area contributed by atoms with Crippen LogP contribution in [0.3, 0.4) is 0 Å². The maximum Gasteiger partial charge on any atom is 0.248 e. The first-order valence-corrected chi connectivity index (χ1v) is 10.4. The fraction of sp³-hybridized carbons (Fsp3) is 0.217. The Hall–Kier alpha value is -2.96. The van der Waals surface area contributed by atoms with Gasteiger partial charge in [0.1, 0.15) is 0 Å². The number of benzene rings is 2. The van der Waals surface area contributed by atoms with E-state index in [1.165, 1.54) is 5.56 Å². The molecule has 29 heavy (non-hydrogen) atoms. The summed E-state index contributed by atoms with van der Waals surface area (Å²) in [5.74, 6) is -0.644. The van der Waals surface area contributed by atoms with Crippen LogP contribution in [0.25, 0.3) is 0 Å². The van der Waals surface area contributed by atoms with E-state index in [4.69, 9.17) is 5.73 Å². The van der Waals surface area contributed by atoms with Crippen molar-refractivity contribution in [2.45, 2.75) is 32.4 Å². The largest absolute Gasteiger partial charge is 0.366 e. The number of amides is 2. The second-order valence-corrected chi connectivity index (χ2v) is 7.84. The van der Waals surface area contributed by atoms with Crippen molar-refractivity contribution in [3.05, 3.63) is 87.6 Å². The zero-order chi connectivity index (χ0) is 20.8. The molecule has 0 aliphatic heterocycles. The lowest BCUT2D eigenvalue weighted by Crippen LogP contribution is -2.40. The first-order valence-electron chi connectivity index (χ1n) is 9.57. The Morgan fingerprint density at radius 3 is 2.28 bits per heavy atom. The van der Waals surface area contributed by atoms with Gasteiger partial charge in [0, 0.05) is 16.1 Å². The van der Waals surface area contributed by atoms with E-state index in [0.29, 0.717) is 11.3 Å². The number of aryl methyl sites for hydroxylation is 1. The number of carbonyl (C=O) groups excluding carboxylic acids is 2. The van der Waals surface area contributed by atoms with Gasteiger partial charge in [0.25, 0.3) is 0 Å². The SMILES string of the molecule is CCc1ccc([C@H](N[C@H](C)C(=O)Nc2ccc(C(N)=O)cc2)c2cccs2)cc1. The molecule has 5 nitrogen and oxygen atoms in total. The van der Waals surface area contributed by atoms with E-state index in [1.54, 1.807) is 35.6 Å². The van der Waals surface area contributed by atoms with E-state index in [2.05, 4.69) is 47.9 Å². The number of carbonyl (C=O) groups is 2. The smallest absolute Gasteiger partial charge is 0.248 e. The van der Waals surface area contributed by atoms with E-state index in [-0.39, 0.29) is 11.9 Å². The minimum Gasteiger partial charge on any atom is -0.366 e. The number of hydrogen-bond donors (Lipinski definition) is 3. The third kappa shape index (κ3) is 5.31. The van der Waals surface area contributed by atoms with E-state index in [0.717, 1.165) is 16.9 Å². The number of thiophene rings is 1. The Labute approximate surface area is 175 Å². The van der Waals surface area contributed by atoms with Crippen LogP contribution in [0, 0.1) is 0 Å². The van der Waals surface area contributed by atoms with Crippen LogP contribution in [0.4, 0.5) is 5.69 Å². The second-order valence-electron chi connectivity index (χ2n) is 6.86. The van der Waals surface area contributed by atoms with Crippen molar-refractivity contribution in [3.63, 3.8) is 0 Å². The van der Waals surface area contributed by atoms with E-state index in [1.807, 2.05) is 18.4 Å². The fourth-order valence-electron chi connectivity index (χ4n) is 3.04. The lowest BCUT2D eigenvalue weighted by molar-refractivity contribution is -0.117. The van der Waals surface area contributed by atoms with Crippen LogP contribution in [-0.2, 0) is 11.2 Å². The monoisotopic (exact) mass is 407 g/mol. The summed E-state index contributed by atoms with van der Waals surface area (Å²) in [4.78, 5) is 25.0. The summed E-state index contributed by atoms with van der Waals surface area (Å²) in [6, 6.07) is 18.6. The van der Waals surface area contributed by atoms with Crippen LogP contribution in [-0.4, -0.2) is 17.9 Å². The minimum atomic E-state index is -0.495. The highest BCUT2D eigenvalue weighted by molar-refractivity contribution is 7.10. The van der Waals surface area contributed by atoms with Crippen molar-refractivity contribution in [2.75, 3.05) is 5.32 Å². The highest BCUT2D eigenvalue weighted by Gasteiger charge is 2.21. The summed E-state index contributed by atoms with van der Waals surface area (Å²) in [7, 11) is 0. The van der Waals surface area contributed by atoms with Gasteiger partial charge in [-0.05, 0) is 60.2 Å². The number of hydrogen-bond acceptors (Lipinski definition) is 4. The van der Waals surface area contributed by atoms with Crippen molar-refractivity contribution in [3.8, 4) is 0 Å². The third-order valence-corrected chi connectivity index (χ3v) is 5.73. The molecule has 2 aromatic carbocycles. The van der Waals surface area contributed by atoms with E-state index < -0.39 is 11.9 Å². The van der Waals surface area contributed by atoms with Gasteiger partial charge in [0.05, 0.1) is 12.1 Å². The number of nitrogens with one attached hydrogen (secondary N) is 2. The summed E-state index contributed by atoms with van der Waals surface area (Å²) < 4.78 is 0. The molecule has 0 aliphatic rings. The third-order valence-electron chi connectivity index (χ3n) is 4.80. The first kappa shape index (κ1) is 20.8. The Bertz CT molecular complexity index is 951. The van der Waals surface area contributed by atoms with Crippen molar-refractivity contribution >= 4 is 28.8 Å². The van der Waals surface area contributed by atoms with Crippen molar-refractivity contribution < 1.29 is 9.59 Å². The number of anilines is 1. The maximum absolute atomic E-state index is 12.7. The number of nitrogens with two attached hydrogens (primary N) is 1. The molecule has 150 valence electrons. The van der Waals surface area contributed by atoms with Crippen LogP contribution in [0.5, 0.6) is 0 Å². The van der Waals surface area contributed by atoms with Gasteiger partial charge in [0.15, 0.2) is 0 Å². The topological polar surface area (TPSA) is 84.2 Å². The van der Waals surface area contributed by atoms with Crippen LogP contribution in [0.15, 0.2) is 66.0 Å². The second kappa shape index (κ2) is 9.49. The molecule has 3 aromatic rings. The summed E-state index contributed by atoms with van der Waals surface area (Å²) in [5, 5.41) is 8.36. The van der Waals surface area contributed by atoms with Gasteiger partial charge < -0.3 is 11.1 Å². The highest BCUT2D eigenvalue weighted by atomic mass is 32.1. The van der Waals surface area contributed by atoms with Gasteiger partial charge in [0.2, 0.25) is 11.8 Å². The summed E-state index contributed by atoms with van der Waals surface area (Å²) in [5.41, 5.74) is 8.68. The van der Waals surface area contributed by atoms with Crippen LogP contribution < -0.4 is 16.4 Å². The summed E-state index contributed by atoms with van der Waals surface area (Å²) in [6.45, 7) is 3.97. The molecule has 0 spiro atoms. The molecule has 1 aromatic heterocycles. The van der Waals surface area contributed by atoms with Gasteiger partial charge in [-0.2, -0.15) is 0 Å². The molecule has 1 heterocycles. The molecule has 0 fully saturated rings. The minimum absolute atomic E-state index is 0.0705. The molecule has 3 rings (SSSR count). The first-order chi connectivity index (χ1) is 14.0. The van der Waals surface area contributed by atoms with Crippen LogP contribution in [0.2, 0.25) is 0 Å². The van der Waals surface area contributed by atoms with Gasteiger partial charge in [-0.15, -0.1) is 11.3 Å². The molecule has 4 N–H and O–H groups in total. The Morgan fingerprint density at radius 1 is 1.03 bits per heavy atom. The molecule has 0 saturated carbocycles. The maximum atomic E-state index is 12.7. The molecule has 2 atom stereocenters. The normalized spacial score (nSPS) is 12.9. The van der Waals surface area contributed by atoms with Crippen LogP contribution >= 0.6 is 11.3 Å². The average molecular weight is 408 g/mol. The van der Waals surface area contributed by atoms with Gasteiger partial charge >= 0.3 is 0 Å². The van der Waals surface area contributed by atoms with Crippen molar-refractivity contribution in [1.29, 1.82) is 0 Å². The highest BCUT2D eigenvalue weighted by Crippen LogP contribution is 2.27. The van der Waals surface area contributed by atoms with E-state index >= 15 is 0 Å². The molecule has 0 saturated heterocycles. The number of primary amides is 1. The molecule has 6 heteroatoms. The lowest BCUT2D eigenvalue weighted by atomic mass is 10.0. The standard InChI is InChI=1S/C23H25N3O2S/c1-3-16-6-8-17(9-7-16)21(20-5-4-14-29-20)25-15(2)23(28)26-19-12-10-18(11-13-19)22(24)27/h4-15,21,25H,3H2,1-2H3,(H2,24,27)(H,26,28)/t15-,21+/m1/s1. The zero-order valence-electron chi connectivity index (χ0n) is 16.5. The van der Waals surface area contributed by atoms with E-state index in [9.17, 15) is 9.59 Å². The fourth-order valence-corrected chi connectivity index (χ4v) is 3.85. The van der Waals surface area contributed by atoms with Crippen molar-refractivity contribution in [1.82, 2.24) is 5.32 Å². The Kier molecular flexibility index (Phi) is 6.80. The summed E-state index contributed by atoms with van der Waals surface area (Å²) in [6.07, 6.45) is 0.991. The quantitative estimate of drug-likeness (QED) is 0.525. The van der Waals surface area contributed by atoms with Gasteiger partial charge in [-0.1, -0.05) is 37.3 Å². The van der Waals surface area contributed by atoms with Gasteiger partial charge in [-0.25, -0.2) is 0 Å². The lowest BCUT2D eigenvalue weighted by Gasteiger charge is -2.23. The Balaban J connectivity index is 1.72. The van der Waals surface area contributed by atoms with Gasteiger partial charge in [-0.3, -0.25) is 14.9 Å². The predicted molar refractivity (Wildman–Crippen MR) is 118 cm³/mol. The predicted octanol–water partition coefficient (Wildman–Crippen LogP) is 4.12.